The van der Waals surface area contributed by atoms with E-state index in [9.17, 15) is 0 Å². The van der Waals surface area contributed by atoms with Crippen LogP contribution in [-0.4, -0.2) is 12.6 Å². The smallest absolute Gasteiger partial charge is 0.00685 e. The van der Waals surface area contributed by atoms with Crippen LogP contribution in [0.2, 0.25) is 0 Å². The Hall–Kier alpha value is -0.300. The third-order valence-corrected chi connectivity index (χ3v) is 3.46. The fraction of sp³-hybridized carbons (Fsp3) is 0.857. The van der Waals surface area contributed by atoms with Gasteiger partial charge in [-0.1, -0.05) is 39.7 Å². The lowest BCUT2D eigenvalue weighted by Crippen LogP contribution is -2.33. The predicted octanol–water partition coefficient (Wildman–Crippen LogP) is 3.76. The molecule has 0 aliphatic heterocycles. The predicted molar refractivity (Wildman–Crippen MR) is 68.0 cm³/mol. The zero-order valence-corrected chi connectivity index (χ0v) is 10.7. The first-order chi connectivity index (χ1) is 7.09. The van der Waals surface area contributed by atoms with Crippen molar-refractivity contribution < 1.29 is 0 Å². The van der Waals surface area contributed by atoms with Crippen LogP contribution < -0.4 is 5.32 Å². The maximum absolute atomic E-state index is 4.00. The molecule has 0 bridgehead atoms. The van der Waals surface area contributed by atoms with Gasteiger partial charge >= 0.3 is 0 Å². The quantitative estimate of drug-likeness (QED) is 0.600. The summed E-state index contributed by atoms with van der Waals surface area (Å²) in [4.78, 5) is 0. The lowest BCUT2D eigenvalue weighted by atomic mass is 9.80. The van der Waals surface area contributed by atoms with Gasteiger partial charge in [0.15, 0.2) is 0 Å². The van der Waals surface area contributed by atoms with Crippen molar-refractivity contribution >= 4 is 0 Å². The minimum atomic E-state index is 0.289. The number of hydrogen-bond acceptors (Lipinski definition) is 1. The molecule has 0 radical (unpaired) electrons. The summed E-state index contributed by atoms with van der Waals surface area (Å²) < 4.78 is 0. The molecule has 0 aromatic carbocycles. The first-order valence-electron chi connectivity index (χ1n) is 6.46. The van der Waals surface area contributed by atoms with Crippen molar-refractivity contribution in [3.05, 3.63) is 12.7 Å². The molecule has 1 fully saturated rings. The SMILES string of the molecule is C=CC(C)(CNC1CC1)CC(C)CCC. The average molecular weight is 209 g/mol. The standard InChI is InChI=1S/C14H27N/c1-5-7-12(3)10-14(4,6-2)11-15-13-8-9-13/h6,12-13,15H,2,5,7-11H2,1,3-4H3. The number of rotatable bonds is 8. The van der Waals surface area contributed by atoms with Crippen LogP contribution in [0.4, 0.5) is 0 Å². The summed E-state index contributed by atoms with van der Waals surface area (Å²) in [5, 5.41) is 3.62. The molecular formula is C14H27N. The highest BCUT2D eigenvalue weighted by molar-refractivity contribution is 4.96. The topological polar surface area (TPSA) is 12.0 Å². The first-order valence-corrected chi connectivity index (χ1v) is 6.46. The Morgan fingerprint density at radius 1 is 1.53 bits per heavy atom. The van der Waals surface area contributed by atoms with Crippen molar-refractivity contribution in [3.63, 3.8) is 0 Å². The molecule has 2 atom stereocenters. The summed E-state index contributed by atoms with van der Waals surface area (Å²) in [6.07, 6.45) is 8.80. The lowest BCUT2D eigenvalue weighted by molar-refractivity contribution is 0.293. The van der Waals surface area contributed by atoms with Gasteiger partial charge in [0.25, 0.3) is 0 Å². The van der Waals surface area contributed by atoms with Gasteiger partial charge < -0.3 is 5.32 Å². The Balaban J connectivity index is 2.31. The van der Waals surface area contributed by atoms with Crippen molar-refractivity contribution in [2.24, 2.45) is 11.3 Å². The van der Waals surface area contributed by atoms with E-state index in [1.807, 2.05) is 0 Å². The second kappa shape index (κ2) is 5.69. The molecule has 0 spiro atoms. The summed E-state index contributed by atoms with van der Waals surface area (Å²) in [5.74, 6) is 0.819. The number of nitrogens with one attached hydrogen (secondary N) is 1. The van der Waals surface area contributed by atoms with Crippen LogP contribution in [0, 0.1) is 11.3 Å². The largest absolute Gasteiger partial charge is 0.313 e. The lowest BCUT2D eigenvalue weighted by Gasteiger charge is -2.29. The van der Waals surface area contributed by atoms with Gasteiger partial charge in [0.05, 0.1) is 0 Å². The Kier molecular flexibility index (Phi) is 4.85. The van der Waals surface area contributed by atoms with E-state index in [1.54, 1.807) is 0 Å². The van der Waals surface area contributed by atoms with Crippen LogP contribution in [0.5, 0.6) is 0 Å². The van der Waals surface area contributed by atoms with Crippen LogP contribution in [0.15, 0.2) is 12.7 Å². The van der Waals surface area contributed by atoms with Gasteiger partial charge in [0.2, 0.25) is 0 Å². The van der Waals surface area contributed by atoms with Crippen molar-refractivity contribution in [2.75, 3.05) is 6.54 Å². The Morgan fingerprint density at radius 2 is 2.20 bits per heavy atom. The van der Waals surface area contributed by atoms with Gasteiger partial charge in [0.1, 0.15) is 0 Å². The van der Waals surface area contributed by atoms with Gasteiger partial charge in [-0.25, -0.2) is 0 Å². The summed E-state index contributed by atoms with van der Waals surface area (Å²) in [6.45, 7) is 12.1. The molecule has 1 rings (SSSR count). The fourth-order valence-corrected chi connectivity index (χ4v) is 2.28. The maximum atomic E-state index is 4.00. The van der Waals surface area contributed by atoms with Crippen molar-refractivity contribution in [1.82, 2.24) is 5.32 Å². The average Bonchev–Trinajstić information content (AvgIpc) is 2.99. The Labute approximate surface area is 95.3 Å². The molecule has 0 heterocycles. The molecule has 1 heteroatoms. The second-order valence-electron chi connectivity index (χ2n) is 5.61. The van der Waals surface area contributed by atoms with Crippen molar-refractivity contribution in [2.45, 2.75) is 58.9 Å². The Bertz CT molecular complexity index is 196. The fourth-order valence-electron chi connectivity index (χ4n) is 2.28. The molecule has 1 saturated carbocycles. The van der Waals surface area contributed by atoms with Gasteiger partial charge in [-0.2, -0.15) is 0 Å². The van der Waals surface area contributed by atoms with Gasteiger partial charge in [-0.15, -0.1) is 6.58 Å². The summed E-state index contributed by atoms with van der Waals surface area (Å²) in [6, 6.07) is 0.811. The molecule has 1 aliphatic carbocycles. The molecular weight excluding hydrogens is 182 g/mol. The van der Waals surface area contributed by atoms with Gasteiger partial charge in [0, 0.05) is 12.6 Å². The highest BCUT2D eigenvalue weighted by Gasteiger charge is 2.27. The third kappa shape index (κ3) is 4.83. The van der Waals surface area contributed by atoms with Gasteiger partial charge in [-0.05, 0) is 30.6 Å². The summed E-state index contributed by atoms with van der Waals surface area (Å²) >= 11 is 0. The van der Waals surface area contributed by atoms with Crippen LogP contribution in [-0.2, 0) is 0 Å². The monoisotopic (exact) mass is 209 g/mol. The van der Waals surface area contributed by atoms with Crippen molar-refractivity contribution in [1.29, 1.82) is 0 Å². The summed E-state index contributed by atoms with van der Waals surface area (Å²) in [7, 11) is 0. The molecule has 0 aromatic heterocycles. The minimum absolute atomic E-state index is 0.289. The van der Waals surface area contributed by atoms with Crippen LogP contribution in [0.1, 0.15) is 52.9 Å². The third-order valence-electron chi connectivity index (χ3n) is 3.46. The van der Waals surface area contributed by atoms with E-state index < -0.39 is 0 Å². The van der Waals surface area contributed by atoms with E-state index in [0.717, 1.165) is 18.5 Å². The highest BCUT2D eigenvalue weighted by atomic mass is 15.0. The van der Waals surface area contributed by atoms with E-state index in [0.29, 0.717) is 0 Å². The highest BCUT2D eigenvalue weighted by Crippen LogP contribution is 2.30. The molecule has 0 amide bonds. The minimum Gasteiger partial charge on any atom is -0.313 e. The van der Waals surface area contributed by atoms with Crippen LogP contribution in [0.25, 0.3) is 0 Å². The molecule has 1 aliphatic rings. The zero-order valence-electron chi connectivity index (χ0n) is 10.7. The van der Waals surface area contributed by atoms with Gasteiger partial charge in [-0.3, -0.25) is 0 Å². The van der Waals surface area contributed by atoms with Crippen LogP contribution in [0.3, 0.4) is 0 Å². The molecule has 1 nitrogen and oxygen atoms in total. The molecule has 2 unspecified atom stereocenters. The van der Waals surface area contributed by atoms with E-state index >= 15 is 0 Å². The second-order valence-corrected chi connectivity index (χ2v) is 5.61. The Morgan fingerprint density at radius 3 is 2.67 bits per heavy atom. The van der Waals surface area contributed by atoms with E-state index in [4.69, 9.17) is 0 Å². The molecule has 15 heavy (non-hydrogen) atoms. The zero-order chi connectivity index (χ0) is 11.3. The molecule has 0 saturated heterocycles. The van der Waals surface area contributed by atoms with E-state index in [1.165, 1.54) is 32.1 Å². The van der Waals surface area contributed by atoms with E-state index in [2.05, 4.69) is 38.7 Å². The normalized spacial score (nSPS) is 22.1. The van der Waals surface area contributed by atoms with Crippen LogP contribution >= 0.6 is 0 Å². The molecule has 0 aromatic rings. The van der Waals surface area contributed by atoms with Crippen molar-refractivity contribution in [3.8, 4) is 0 Å². The maximum Gasteiger partial charge on any atom is 0.00685 e. The number of hydrogen-bond donors (Lipinski definition) is 1. The summed E-state index contributed by atoms with van der Waals surface area (Å²) in [5.41, 5.74) is 0.289. The first kappa shape index (κ1) is 12.8. The molecule has 1 N–H and O–H groups in total. The van der Waals surface area contributed by atoms with E-state index in [-0.39, 0.29) is 5.41 Å². The molecule has 88 valence electrons.